The van der Waals surface area contributed by atoms with Gasteiger partial charge in [-0.3, -0.25) is 4.99 Å². The number of hydrogen-bond acceptors (Lipinski definition) is 5. The van der Waals surface area contributed by atoms with Crippen LogP contribution in [0.4, 0.5) is 0 Å². The molecule has 0 spiro atoms. The Labute approximate surface area is 165 Å². The smallest absolute Gasteiger partial charge is 0.191 e. The summed E-state index contributed by atoms with van der Waals surface area (Å²) in [7, 11) is 1.71. The summed E-state index contributed by atoms with van der Waals surface area (Å²) in [6, 6.07) is 10.2. The molecule has 150 valence electrons. The maximum Gasteiger partial charge on any atom is 0.191 e. The number of aliphatic imine (C=N–C) groups is 1. The maximum atomic E-state index is 10.4. The number of fused-ring (bicyclic) bond motifs is 1. The molecule has 1 unspecified atom stereocenters. The minimum atomic E-state index is -0.572. The summed E-state index contributed by atoms with van der Waals surface area (Å²) in [6.45, 7) is 5.81. The largest absolute Gasteiger partial charge is 0.386 e. The Morgan fingerprint density at radius 2 is 1.93 bits per heavy atom. The number of nitrogens with zero attached hydrogens (tertiary/aromatic N) is 1. The van der Waals surface area contributed by atoms with E-state index in [1.807, 2.05) is 18.2 Å². The third-order valence-corrected chi connectivity index (χ3v) is 5.23. The van der Waals surface area contributed by atoms with E-state index in [4.69, 9.17) is 9.47 Å². The lowest BCUT2D eigenvalue weighted by Gasteiger charge is -2.14. The lowest BCUT2D eigenvalue weighted by molar-refractivity contribution is 0.0487. The number of guanidine groups is 1. The van der Waals surface area contributed by atoms with Gasteiger partial charge in [0.1, 0.15) is 6.10 Å². The van der Waals surface area contributed by atoms with Crippen molar-refractivity contribution in [2.45, 2.75) is 25.9 Å². The summed E-state index contributed by atoms with van der Waals surface area (Å²) in [4.78, 5) is 5.12. The van der Waals surface area contributed by atoms with Gasteiger partial charge in [-0.2, -0.15) is 0 Å². The molecule has 1 atom stereocenters. The summed E-state index contributed by atoms with van der Waals surface area (Å²) < 4.78 is 12.1. The van der Waals surface area contributed by atoms with Gasteiger partial charge in [0.2, 0.25) is 0 Å². The minimum Gasteiger partial charge on any atom is -0.386 e. The van der Waals surface area contributed by atoms with Gasteiger partial charge in [0.15, 0.2) is 5.96 Å². The normalized spacial score (nSPS) is 13.1. The van der Waals surface area contributed by atoms with Gasteiger partial charge in [0.05, 0.1) is 19.8 Å². The molecule has 0 saturated carbocycles. The van der Waals surface area contributed by atoms with Crippen molar-refractivity contribution in [3.05, 3.63) is 35.2 Å². The Hall–Kier alpha value is -1.67. The monoisotopic (exact) mass is 393 g/mol. The molecule has 2 rings (SSSR count). The van der Waals surface area contributed by atoms with Crippen molar-refractivity contribution in [1.82, 2.24) is 10.6 Å². The van der Waals surface area contributed by atoms with E-state index in [1.165, 1.54) is 4.70 Å². The van der Waals surface area contributed by atoms with Crippen LogP contribution < -0.4 is 10.6 Å². The van der Waals surface area contributed by atoms with Crippen LogP contribution in [-0.2, 0) is 9.47 Å². The average molecular weight is 394 g/mol. The third-order valence-electron chi connectivity index (χ3n) is 4.01. The van der Waals surface area contributed by atoms with Crippen molar-refractivity contribution >= 4 is 27.4 Å². The maximum absolute atomic E-state index is 10.4. The molecule has 0 radical (unpaired) electrons. The van der Waals surface area contributed by atoms with E-state index >= 15 is 0 Å². The van der Waals surface area contributed by atoms with Crippen LogP contribution in [0.5, 0.6) is 0 Å². The quantitative estimate of drug-likeness (QED) is 0.294. The van der Waals surface area contributed by atoms with Crippen molar-refractivity contribution in [1.29, 1.82) is 0 Å². The average Bonchev–Trinajstić information content (AvgIpc) is 3.13. The fourth-order valence-corrected chi connectivity index (χ4v) is 3.54. The Morgan fingerprint density at radius 1 is 1.15 bits per heavy atom. The molecule has 0 bridgehead atoms. The molecule has 6 nitrogen and oxygen atoms in total. The standard InChI is InChI=1S/C20H31N3O3S/c1-3-4-10-25-12-13-26-11-9-22-20(21-2)23-15-17(24)19-14-16-7-5-6-8-18(16)27-19/h5-8,14,17,24H,3-4,9-13,15H2,1-2H3,(H2,21,22,23). The van der Waals surface area contributed by atoms with Gasteiger partial charge in [-0.05, 0) is 23.9 Å². The number of unbranched alkanes of at least 4 members (excludes halogenated alkanes) is 1. The molecule has 3 N–H and O–H groups in total. The molecule has 0 fully saturated rings. The van der Waals surface area contributed by atoms with E-state index in [0.717, 1.165) is 29.7 Å². The van der Waals surface area contributed by atoms with E-state index in [2.05, 4.69) is 34.7 Å². The zero-order valence-corrected chi connectivity index (χ0v) is 17.1. The second kappa shape index (κ2) is 12.7. The van der Waals surface area contributed by atoms with Gasteiger partial charge in [0.25, 0.3) is 0 Å². The number of ether oxygens (including phenoxy) is 2. The van der Waals surface area contributed by atoms with Crippen LogP contribution in [0.3, 0.4) is 0 Å². The second-order valence-corrected chi connectivity index (χ2v) is 7.28. The summed E-state index contributed by atoms with van der Waals surface area (Å²) in [6.07, 6.45) is 1.67. The molecule has 0 aliphatic rings. The van der Waals surface area contributed by atoms with Crippen molar-refractivity contribution < 1.29 is 14.6 Å². The van der Waals surface area contributed by atoms with Crippen molar-refractivity contribution in [2.75, 3.05) is 46.6 Å². The summed E-state index contributed by atoms with van der Waals surface area (Å²) in [5.41, 5.74) is 0. The number of aliphatic hydroxyl groups excluding tert-OH is 1. The van der Waals surface area contributed by atoms with E-state index in [9.17, 15) is 5.11 Å². The Balaban J connectivity index is 1.61. The van der Waals surface area contributed by atoms with E-state index in [1.54, 1.807) is 18.4 Å². The number of nitrogens with one attached hydrogen (secondary N) is 2. The number of rotatable bonds is 12. The van der Waals surface area contributed by atoms with Crippen LogP contribution in [0.15, 0.2) is 35.3 Å². The fraction of sp³-hybridized carbons (Fsp3) is 0.550. The van der Waals surface area contributed by atoms with Crippen LogP contribution in [0.2, 0.25) is 0 Å². The Bertz CT molecular complexity index is 657. The lowest BCUT2D eigenvalue weighted by atomic mass is 10.2. The molecular formula is C20H31N3O3S. The zero-order valence-electron chi connectivity index (χ0n) is 16.2. The fourth-order valence-electron chi connectivity index (χ4n) is 2.49. The van der Waals surface area contributed by atoms with Crippen LogP contribution in [0.1, 0.15) is 30.7 Å². The Morgan fingerprint density at radius 3 is 2.67 bits per heavy atom. The van der Waals surface area contributed by atoms with Crippen molar-refractivity contribution in [3.8, 4) is 0 Å². The highest BCUT2D eigenvalue weighted by Gasteiger charge is 2.12. The summed E-state index contributed by atoms with van der Waals surface area (Å²) in [5, 5.41) is 17.9. The highest BCUT2D eigenvalue weighted by molar-refractivity contribution is 7.19. The topological polar surface area (TPSA) is 75.1 Å². The first kappa shape index (κ1) is 21.6. The Kier molecular flexibility index (Phi) is 10.1. The van der Waals surface area contributed by atoms with Crippen molar-refractivity contribution in [3.63, 3.8) is 0 Å². The number of aliphatic hydroxyl groups is 1. The molecule has 1 aromatic heterocycles. The van der Waals surface area contributed by atoms with Gasteiger partial charge in [-0.15, -0.1) is 11.3 Å². The summed E-state index contributed by atoms with van der Waals surface area (Å²) in [5.74, 6) is 0.651. The van der Waals surface area contributed by atoms with Gasteiger partial charge in [0, 0.05) is 36.3 Å². The second-order valence-electron chi connectivity index (χ2n) is 6.16. The van der Waals surface area contributed by atoms with Gasteiger partial charge < -0.3 is 25.2 Å². The molecule has 0 saturated heterocycles. The van der Waals surface area contributed by atoms with Crippen LogP contribution in [-0.4, -0.2) is 57.6 Å². The van der Waals surface area contributed by atoms with Gasteiger partial charge >= 0.3 is 0 Å². The van der Waals surface area contributed by atoms with Gasteiger partial charge in [-0.1, -0.05) is 31.5 Å². The predicted molar refractivity (Wildman–Crippen MR) is 113 cm³/mol. The molecule has 7 heteroatoms. The summed E-state index contributed by atoms with van der Waals surface area (Å²) >= 11 is 1.62. The van der Waals surface area contributed by atoms with Crippen molar-refractivity contribution in [2.24, 2.45) is 4.99 Å². The number of benzene rings is 1. The number of hydrogen-bond donors (Lipinski definition) is 3. The van der Waals surface area contributed by atoms with E-state index < -0.39 is 6.10 Å². The van der Waals surface area contributed by atoms with Crippen LogP contribution in [0.25, 0.3) is 10.1 Å². The van der Waals surface area contributed by atoms with Crippen LogP contribution >= 0.6 is 11.3 Å². The molecule has 1 heterocycles. The molecule has 0 amide bonds. The molecule has 0 aliphatic carbocycles. The minimum absolute atomic E-state index is 0.401. The SMILES string of the molecule is CCCCOCCOCCNC(=NC)NCC(O)c1cc2ccccc2s1. The zero-order chi connectivity index (χ0) is 19.3. The first-order valence-corrected chi connectivity index (χ1v) is 10.3. The molecule has 27 heavy (non-hydrogen) atoms. The highest BCUT2D eigenvalue weighted by Crippen LogP contribution is 2.29. The predicted octanol–water partition coefficient (Wildman–Crippen LogP) is 2.93. The molecule has 0 aliphatic heterocycles. The highest BCUT2D eigenvalue weighted by atomic mass is 32.1. The lowest BCUT2D eigenvalue weighted by Crippen LogP contribution is -2.40. The first-order chi connectivity index (χ1) is 13.2. The van der Waals surface area contributed by atoms with Gasteiger partial charge in [-0.25, -0.2) is 0 Å². The first-order valence-electron chi connectivity index (χ1n) is 9.51. The molecule has 1 aromatic carbocycles. The third kappa shape index (κ3) is 7.84. The van der Waals surface area contributed by atoms with E-state index in [0.29, 0.717) is 38.9 Å². The number of thiophene rings is 1. The van der Waals surface area contributed by atoms with E-state index in [-0.39, 0.29) is 0 Å². The molecule has 2 aromatic rings. The van der Waals surface area contributed by atoms with Crippen LogP contribution in [0, 0.1) is 0 Å². The molecular weight excluding hydrogens is 362 g/mol.